The van der Waals surface area contributed by atoms with Crippen molar-refractivity contribution < 1.29 is 23.7 Å². The number of nitrogens with two attached hydrogens (primary N) is 1. The maximum atomic E-state index is 11.6. The number of carbonyl (C=O) groups excluding carboxylic acids is 2. The van der Waals surface area contributed by atoms with Gasteiger partial charge in [0.25, 0.3) is 5.91 Å². The zero-order valence-corrected chi connectivity index (χ0v) is 11.7. The maximum absolute atomic E-state index is 11.6. The Morgan fingerprint density at radius 1 is 1.24 bits per heavy atom. The zero-order valence-electron chi connectivity index (χ0n) is 11.7. The van der Waals surface area contributed by atoms with E-state index in [0.29, 0.717) is 5.76 Å². The molecule has 2 heterocycles. The fraction of sp³-hybridized carbons (Fsp3) is 0.286. The number of hydrogen-bond donors (Lipinski definition) is 3. The van der Waals surface area contributed by atoms with Crippen molar-refractivity contribution in [2.75, 3.05) is 6.54 Å². The van der Waals surface area contributed by atoms with E-state index in [2.05, 4.69) is 10.6 Å². The highest BCUT2D eigenvalue weighted by Crippen LogP contribution is 2.07. The zero-order chi connectivity index (χ0) is 15.1. The van der Waals surface area contributed by atoms with Gasteiger partial charge in [-0.3, -0.25) is 10.1 Å². The highest BCUT2D eigenvalue weighted by Gasteiger charge is 2.15. The fourth-order valence-corrected chi connectivity index (χ4v) is 1.75. The number of furan rings is 2. The molecule has 0 spiro atoms. The lowest BCUT2D eigenvalue weighted by Crippen LogP contribution is -2.87. The molecule has 0 aliphatic rings. The normalized spacial score (nSPS) is 11.9. The predicted molar refractivity (Wildman–Crippen MR) is 73.0 cm³/mol. The van der Waals surface area contributed by atoms with Gasteiger partial charge in [0, 0.05) is 0 Å². The topological polar surface area (TPSA) is 101 Å². The average Bonchev–Trinajstić information content (AvgIpc) is 3.15. The summed E-state index contributed by atoms with van der Waals surface area (Å²) in [5, 5.41) is 6.57. The van der Waals surface area contributed by atoms with E-state index in [-0.39, 0.29) is 25.0 Å². The summed E-state index contributed by atoms with van der Waals surface area (Å²) in [5.41, 5.74) is 0. The first kappa shape index (κ1) is 14.9. The minimum atomic E-state index is -0.546. The summed E-state index contributed by atoms with van der Waals surface area (Å²) in [4.78, 5) is 23.1. The van der Waals surface area contributed by atoms with E-state index in [1.54, 1.807) is 29.8 Å². The number of amides is 3. The fourth-order valence-electron chi connectivity index (χ4n) is 1.75. The molecular formula is C14H18N3O4+. The summed E-state index contributed by atoms with van der Waals surface area (Å²) in [6, 6.07) is 6.57. The van der Waals surface area contributed by atoms with Crippen molar-refractivity contribution in [3.8, 4) is 0 Å². The van der Waals surface area contributed by atoms with Gasteiger partial charge in [0.05, 0.1) is 19.1 Å². The van der Waals surface area contributed by atoms with Crippen molar-refractivity contribution in [2.24, 2.45) is 0 Å². The van der Waals surface area contributed by atoms with Crippen LogP contribution in [0.1, 0.15) is 24.5 Å². The number of hydrogen-bond acceptors (Lipinski definition) is 4. The molecule has 0 saturated carbocycles. The standard InChI is InChI=1S/C14H17N3O4/c1-10(12-5-3-7-21-12)15-9-13(18)17-14(19)16-8-11-4-2-6-20-11/h2-7,10,15H,8-9H2,1H3,(H2,16,17,18,19)/p+1/t10-/m1/s1. The van der Waals surface area contributed by atoms with Crippen LogP contribution in [-0.2, 0) is 11.3 Å². The first-order valence-corrected chi connectivity index (χ1v) is 6.62. The molecule has 0 saturated heterocycles. The van der Waals surface area contributed by atoms with Crippen molar-refractivity contribution in [1.29, 1.82) is 0 Å². The molecular weight excluding hydrogens is 274 g/mol. The lowest BCUT2D eigenvalue weighted by molar-refractivity contribution is -0.684. The van der Waals surface area contributed by atoms with Gasteiger partial charge in [0.15, 0.2) is 12.3 Å². The van der Waals surface area contributed by atoms with Gasteiger partial charge in [-0.15, -0.1) is 0 Å². The Balaban J connectivity index is 1.65. The van der Waals surface area contributed by atoms with Gasteiger partial charge in [-0.05, 0) is 31.2 Å². The average molecular weight is 292 g/mol. The summed E-state index contributed by atoms with van der Waals surface area (Å²) < 4.78 is 10.3. The van der Waals surface area contributed by atoms with Crippen molar-refractivity contribution in [3.05, 3.63) is 48.3 Å². The van der Waals surface area contributed by atoms with Crippen molar-refractivity contribution in [1.82, 2.24) is 10.6 Å². The second-order valence-electron chi connectivity index (χ2n) is 4.55. The number of urea groups is 1. The van der Waals surface area contributed by atoms with Crippen molar-refractivity contribution >= 4 is 11.9 Å². The molecule has 0 aromatic carbocycles. The molecule has 0 aliphatic heterocycles. The van der Waals surface area contributed by atoms with E-state index < -0.39 is 6.03 Å². The van der Waals surface area contributed by atoms with E-state index >= 15 is 0 Å². The largest absolute Gasteiger partial charge is 0.467 e. The van der Waals surface area contributed by atoms with E-state index in [0.717, 1.165) is 5.76 Å². The molecule has 112 valence electrons. The van der Waals surface area contributed by atoms with Crippen LogP contribution in [0.5, 0.6) is 0 Å². The molecule has 4 N–H and O–H groups in total. The van der Waals surface area contributed by atoms with Gasteiger partial charge in [-0.1, -0.05) is 0 Å². The Kier molecular flexibility index (Phi) is 5.16. The number of rotatable bonds is 6. The van der Waals surface area contributed by atoms with Gasteiger partial charge in [-0.2, -0.15) is 0 Å². The monoisotopic (exact) mass is 292 g/mol. The maximum Gasteiger partial charge on any atom is 0.321 e. The highest BCUT2D eigenvalue weighted by molar-refractivity contribution is 5.94. The second kappa shape index (κ2) is 7.30. The third-order valence-electron chi connectivity index (χ3n) is 2.90. The lowest BCUT2D eigenvalue weighted by atomic mass is 10.2. The molecule has 21 heavy (non-hydrogen) atoms. The Morgan fingerprint density at radius 2 is 2.00 bits per heavy atom. The molecule has 7 nitrogen and oxygen atoms in total. The van der Waals surface area contributed by atoms with Crippen LogP contribution in [0.3, 0.4) is 0 Å². The Bertz CT molecular complexity index is 563. The summed E-state index contributed by atoms with van der Waals surface area (Å²) in [6.07, 6.45) is 3.10. The molecule has 1 atom stereocenters. The van der Waals surface area contributed by atoms with Crippen LogP contribution in [0, 0.1) is 0 Å². The molecule has 2 aromatic rings. The number of quaternary nitrogens is 1. The summed E-state index contributed by atoms with van der Waals surface area (Å²) >= 11 is 0. The van der Waals surface area contributed by atoms with Crippen LogP contribution in [0.4, 0.5) is 4.79 Å². The minimum absolute atomic E-state index is 0.0110. The Hall–Kier alpha value is -2.54. The van der Waals surface area contributed by atoms with Gasteiger partial charge >= 0.3 is 6.03 Å². The van der Waals surface area contributed by atoms with E-state index in [1.807, 2.05) is 13.0 Å². The summed E-state index contributed by atoms with van der Waals surface area (Å²) in [7, 11) is 0. The number of nitrogens with one attached hydrogen (secondary N) is 2. The molecule has 0 bridgehead atoms. The van der Waals surface area contributed by atoms with Crippen LogP contribution < -0.4 is 16.0 Å². The molecule has 0 unspecified atom stereocenters. The third-order valence-corrected chi connectivity index (χ3v) is 2.90. The second-order valence-corrected chi connectivity index (χ2v) is 4.55. The van der Waals surface area contributed by atoms with Crippen molar-refractivity contribution in [2.45, 2.75) is 19.5 Å². The van der Waals surface area contributed by atoms with Gasteiger partial charge in [0.2, 0.25) is 0 Å². The first-order valence-electron chi connectivity index (χ1n) is 6.62. The molecule has 3 amide bonds. The molecule has 7 heteroatoms. The Morgan fingerprint density at radius 3 is 2.67 bits per heavy atom. The molecule has 2 rings (SSSR count). The van der Waals surface area contributed by atoms with Gasteiger partial charge in [0.1, 0.15) is 11.8 Å². The minimum Gasteiger partial charge on any atom is -0.467 e. The quantitative estimate of drug-likeness (QED) is 0.722. The number of carbonyl (C=O) groups is 2. The third kappa shape index (κ3) is 4.81. The summed E-state index contributed by atoms with van der Waals surface area (Å²) in [6.45, 7) is 2.29. The van der Waals surface area contributed by atoms with Crippen LogP contribution in [0.2, 0.25) is 0 Å². The smallest absolute Gasteiger partial charge is 0.321 e. The molecule has 0 aliphatic carbocycles. The van der Waals surface area contributed by atoms with E-state index in [4.69, 9.17) is 8.83 Å². The van der Waals surface area contributed by atoms with Gasteiger partial charge in [-0.25, -0.2) is 4.79 Å². The van der Waals surface area contributed by atoms with Crippen LogP contribution in [0.15, 0.2) is 45.6 Å². The first-order chi connectivity index (χ1) is 10.1. The summed E-state index contributed by atoms with van der Waals surface area (Å²) in [5.74, 6) is 1.03. The molecule has 2 aromatic heterocycles. The van der Waals surface area contributed by atoms with Crippen LogP contribution >= 0.6 is 0 Å². The highest BCUT2D eigenvalue weighted by atomic mass is 16.3. The molecule has 0 radical (unpaired) electrons. The van der Waals surface area contributed by atoms with Gasteiger partial charge < -0.3 is 19.5 Å². The van der Waals surface area contributed by atoms with Crippen LogP contribution in [-0.4, -0.2) is 18.5 Å². The lowest BCUT2D eigenvalue weighted by Gasteiger charge is -2.08. The predicted octanol–water partition coefficient (Wildman–Crippen LogP) is 0.523. The SMILES string of the molecule is C[C@@H]([NH2+]CC(=O)NC(=O)NCc1ccco1)c1ccco1. The van der Waals surface area contributed by atoms with Crippen molar-refractivity contribution in [3.63, 3.8) is 0 Å². The Labute approximate surface area is 121 Å². The van der Waals surface area contributed by atoms with E-state index in [9.17, 15) is 9.59 Å². The molecule has 0 fully saturated rings. The van der Waals surface area contributed by atoms with Crippen LogP contribution in [0.25, 0.3) is 0 Å². The number of imide groups is 1. The van der Waals surface area contributed by atoms with E-state index in [1.165, 1.54) is 6.26 Å².